The lowest BCUT2D eigenvalue weighted by molar-refractivity contribution is 0.282. The first-order valence-electron chi connectivity index (χ1n) is 6.07. The van der Waals surface area contributed by atoms with Crippen LogP contribution in [0.25, 0.3) is 0 Å². The van der Waals surface area contributed by atoms with Gasteiger partial charge in [0.25, 0.3) is 0 Å². The van der Waals surface area contributed by atoms with Crippen LogP contribution in [0.2, 0.25) is 0 Å². The SMILES string of the molecule is CCc1cc(NC2CN(S(C)(=O)=O)C2)ncc1C. The second-order valence-electron chi connectivity index (χ2n) is 4.77. The number of pyridine rings is 1. The number of aryl methyl sites for hydroxylation is 2. The summed E-state index contributed by atoms with van der Waals surface area (Å²) in [5, 5.41) is 3.27. The molecule has 1 aromatic rings. The molecule has 0 aromatic carbocycles. The number of hydrogen-bond donors (Lipinski definition) is 1. The molecule has 1 saturated heterocycles. The van der Waals surface area contributed by atoms with E-state index in [2.05, 4.69) is 17.2 Å². The molecule has 0 radical (unpaired) electrons. The molecule has 1 fully saturated rings. The minimum absolute atomic E-state index is 0.166. The zero-order chi connectivity index (χ0) is 13.3. The van der Waals surface area contributed by atoms with Gasteiger partial charge in [-0.2, -0.15) is 4.31 Å². The lowest BCUT2D eigenvalue weighted by Crippen LogP contribution is -2.56. The van der Waals surface area contributed by atoms with Crippen LogP contribution in [0, 0.1) is 6.92 Å². The smallest absolute Gasteiger partial charge is 0.211 e. The van der Waals surface area contributed by atoms with E-state index in [0.29, 0.717) is 13.1 Å². The molecule has 2 rings (SSSR count). The second-order valence-corrected chi connectivity index (χ2v) is 6.75. The molecule has 0 saturated carbocycles. The number of hydrogen-bond acceptors (Lipinski definition) is 4. The van der Waals surface area contributed by atoms with Crippen LogP contribution in [-0.2, 0) is 16.4 Å². The Bertz CT molecular complexity index is 536. The van der Waals surface area contributed by atoms with Crippen LogP contribution in [0.1, 0.15) is 18.1 Å². The number of aromatic nitrogens is 1. The Hall–Kier alpha value is -1.14. The number of rotatable bonds is 4. The summed E-state index contributed by atoms with van der Waals surface area (Å²) in [5.74, 6) is 0.829. The maximum atomic E-state index is 11.2. The molecule has 0 aliphatic carbocycles. The third-order valence-electron chi connectivity index (χ3n) is 3.26. The fourth-order valence-corrected chi connectivity index (χ4v) is 2.94. The van der Waals surface area contributed by atoms with Crippen LogP contribution in [0.3, 0.4) is 0 Å². The zero-order valence-corrected chi connectivity index (χ0v) is 11.8. The van der Waals surface area contributed by atoms with Gasteiger partial charge in [0.15, 0.2) is 0 Å². The van der Waals surface area contributed by atoms with Crippen molar-refractivity contribution in [2.75, 3.05) is 24.7 Å². The van der Waals surface area contributed by atoms with Crippen LogP contribution in [0.15, 0.2) is 12.3 Å². The highest BCUT2D eigenvalue weighted by Crippen LogP contribution is 2.18. The Morgan fingerprint density at radius 2 is 2.17 bits per heavy atom. The van der Waals surface area contributed by atoms with Crippen molar-refractivity contribution >= 4 is 15.8 Å². The summed E-state index contributed by atoms with van der Waals surface area (Å²) in [4.78, 5) is 4.32. The lowest BCUT2D eigenvalue weighted by Gasteiger charge is -2.37. The molecular weight excluding hydrogens is 250 g/mol. The third kappa shape index (κ3) is 2.81. The molecule has 0 atom stereocenters. The van der Waals surface area contributed by atoms with E-state index in [1.807, 2.05) is 19.2 Å². The Labute approximate surface area is 108 Å². The maximum Gasteiger partial charge on any atom is 0.211 e. The monoisotopic (exact) mass is 269 g/mol. The van der Waals surface area contributed by atoms with E-state index >= 15 is 0 Å². The zero-order valence-electron chi connectivity index (χ0n) is 11.0. The molecule has 0 amide bonds. The van der Waals surface area contributed by atoms with E-state index in [1.54, 1.807) is 0 Å². The predicted molar refractivity (Wildman–Crippen MR) is 72.2 cm³/mol. The summed E-state index contributed by atoms with van der Waals surface area (Å²) in [5.41, 5.74) is 2.46. The van der Waals surface area contributed by atoms with Crippen molar-refractivity contribution in [3.05, 3.63) is 23.4 Å². The van der Waals surface area contributed by atoms with Gasteiger partial charge in [0.2, 0.25) is 10.0 Å². The molecular formula is C12H19N3O2S. The maximum absolute atomic E-state index is 11.2. The van der Waals surface area contributed by atoms with Gasteiger partial charge in [-0.25, -0.2) is 13.4 Å². The van der Waals surface area contributed by atoms with Gasteiger partial charge in [-0.1, -0.05) is 6.92 Å². The van der Waals surface area contributed by atoms with Crippen molar-refractivity contribution in [2.45, 2.75) is 26.3 Å². The van der Waals surface area contributed by atoms with Gasteiger partial charge in [-0.3, -0.25) is 0 Å². The Kier molecular flexibility index (Phi) is 3.59. The molecule has 100 valence electrons. The average molecular weight is 269 g/mol. The fourth-order valence-electron chi connectivity index (χ4n) is 2.03. The van der Waals surface area contributed by atoms with Crippen molar-refractivity contribution in [1.29, 1.82) is 0 Å². The van der Waals surface area contributed by atoms with Crippen LogP contribution >= 0.6 is 0 Å². The van der Waals surface area contributed by atoms with Gasteiger partial charge in [-0.05, 0) is 30.5 Å². The summed E-state index contributed by atoms with van der Waals surface area (Å²) in [6.07, 6.45) is 4.07. The van der Waals surface area contributed by atoms with Crippen molar-refractivity contribution in [2.24, 2.45) is 0 Å². The molecule has 0 bridgehead atoms. The van der Waals surface area contributed by atoms with Crippen molar-refractivity contribution in [1.82, 2.24) is 9.29 Å². The molecule has 1 aliphatic rings. The normalized spacial score (nSPS) is 17.5. The van der Waals surface area contributed by atoms with Gasteiger partial charge < -0.3 is 5.32 Å². The van der Waals surface area contributed by atoms with Crippen molar-refractivity contribution in [3.63, 3.8) is 0 Å². The predicted octanol–water partition coefficient (Wildman–Crippen LogP) is 1.01. The summed E-state index contributed by atoms with van der Waals surface area (Å²) in [7, 11) is -3.04. The molecule has 0 unspecified atom stereocenters. The van der Waals surface area contributed by atoms with Gasteiger partial charge in [0.1, 0.15) is 5.82 Å². The summed E-state index contributed by atoms with van der Waals surface area (Å²) < 4.78 is 23.9. The first-order valence-corrected chi connectivity index (χ1v) is 7.92. The fraction of sp³-hybridized carbons (Fsp3) is 0.583. The molecule has 1 aliphatic heterocycles. The van der Waals surface area contributed by atoms with E-state index in [-0.39, 0.29) is 6.04 Å². The average Bonchev–Trinajstić information content (AvgIpc) is 2.23. The first kappa shape index (κ1) is 13.3. The molecule has 2 heterocycles. The van der Waals surface area contributed by atoms with E-state index in [0.717, 1.165) is 12.2 Å². The first-order chi connectivity index (χ1) is 8.40. The van der Waals surface area contributed by atoms with Crippen molar-refractivity contribution < 1.29 is 8.42 Å². The highest BCUT2D eigenvalue weighted by molar-refractivity contribution is 7.88. The Morgan fingerprint density at radius 1 is 1.50 bits per heavy atom. The van der Waals surface area contributed by atoms with E-state index in [1.165, 1.54) is 21.7 Å². The summed E-state index contributed by atoms with van der Waals surface area (Å²) >= 11 is 0. The molecule has 1 aromatic heterocycles. The topological polar surface area (TPSA) is 62.3 Å². The molecule has 18 heavy (non-hydrogen) atoms. The largest absolute Gasteiger partial charge is 0.365 e. The quantitative estimate of drug-likeness (QED) is 0.886. The van der Waals surface area contributed by atoms with Gasteiger partial charge in [0, 0.05) is 19.3 Å². The highest BCUT2D eigenvalue weighted by Gasteiger charge is 2.33. The third-order valence-corrected chi connectivity index (χ3v) is 4.50. The number of nitrogens with one attached hydrogen (secondary N) is 1. The van der Waals surface area contributed by atoms with Crippen LogP contribution < -0.4 is 5.32 Å². The molecule has 5 nitrogen and oxygen atoms in total. The van der Waals surface area contributed by atoms with E-state index in [9.17, 15) is 8.42 Å². The van der Waals surface area contributed by atoms with E-state index in [4.69, 9.17) is 0 Å². The minimum Gasteiger partial charge on any atom is -0.365 e. The molecule has 6 heteroatoms. The lowest BCUT2D eigenvalue weighted by atomic mass is 10.1. The van der Waals surface area contributed by atoms with Crippen LogP contribution in [0.4, 0.5) is 5.82 Å². The van der Waals surface area contributed by atoms with E-state index < -0.39 is 10.0 Å². The summed E-state index contributed by atoms with van der Waals surface area (Å²) in [6, 6.07) is 2.21. The van der Waals surface area contributed by atoms with Gasteiger partial charge in [-0.15, -0.1) is 0 Å². The number of sulfonamides is 1. The van der Waals surface area contributed by atoms with Crippen molar-refractivity contribution in [3.8, 4) is 0 Å². The second kappa shape index (κ2) is 4.85. The number of anilines is 1. The molecule has 0 spiro atoms. The van der Waals surface area contributed by atoms with Crippen LogP contribution in [-0.4, -0.2) is 43.1 Å². The number of nitrogens with zero attached hydrogens (tertiary/aromatic N) is 2. The van der Waals surface area contributed by atoms with Gasteiger partial charge >= 0.3 is 0 Å². The molecule has 1 N–H and O–H groups in total. The summed E-state index contributed by atoms with van der Waals surface area (Å²) in [6.45, 7) is 5.21. The van der Waals surface area contributed by atoms with Crippen LogP contribution in [0.5, 0.6) is 0 Å². The minimum atomic E-state index is -3.04. The Balaban J connectivity index is 1.96. The van der Waals surface area contributed by atoms with Gasteiger partial charge in [0.05, 0.1) is 12.3 Å². The Morgan fingerprint density at radius 3 is 2.72 bits per heavy atom. The standard InChI is InChI=1S/C12H19N3O2S/c1-4-10-5-12(13-6-9(10)2)14-11-7-15(8-11)18(3,16)17/h5-6,11H,4,7-8H2,1-3H3,(H,13,14). The highest BCUT2D eigenvalue weighted by atomic mass is 32.2.